The molecule has 5 heteroatoms. The second kappa shape index (κ2) is 6.78. The van der Waals surface area contributed by atoms with E-state index in [1.165, 1.54) is 4.90 Å². The van der Waals surface area contributed by atoms with Crippen LogP contribution >= 0.6 is 0 Å². The third-order valence-electron chi connectivity index (χ3n) is 2.74. The van der Waals surface area contributed by atoms with E-state index in [0.29, 0.717) is 12.3 Å². The number of nitrogens with zero attached hydrogens (tertiary/aromatic N) is 1. The van der Waals surface area contributed by atoms with Crippen molar-refractivity contribution >= 4 is 11.9 Å². The summed E-state index contributed by atoms with van der Waals surface area (Å²) in [4.78, 5) is 23.6. The SMILES string of the molecule is CCN(CC(=O)O)C(=O)COc1ccc(C)cc1C. The smallest absolute Gasteiger partial charge is 0.323 e. The van der Waals surface area contributed by atoms with Gasteiger partial charge in [0.1, 0.15) is 12.3 Å². The molecule has 1 amide bonds. The van der Waals surface area contributed by atoms with Gasteiger partial charge in [-0.05, 0) is 32.4 Å². The fourth-order valence-electron chi connectivity index (χ4n) is 1.73. The van der Waals surface area contributed by atoms with Crippen LogP contribution in [0, 0.1) is 13.8 Å². The molecule has 0 aromatic heterocycles. The fraction of sp³-hybridized carbons (Fsp3) is 0.429. The quantitative estimate of drug-likeness (QED) is 0.848. The highest BCUT2D eigenvalue weighted by Gasteiger charge is 2.15. The molecule has 0 heterocycles. The highest BCUT2D eigenvalue weighted by molar-refractivity contribution is 5.82. The highest BCUT2D eigenvalue weighted by atomic mass is 16.5. The van der Waals surface area contributed by atoms with Crippen LogP contribution in [0.3, 0.4) is 0 Å². The Bertz CT molecular complexity index is 471. The van der Waals surface area contributed by atoms with E-state index >= 15 is 0 Å². The van der Waals surface area contributed by atoms with E-state index < -0.39 is 5.97 Å². The van der Waals surface area contributed by atoms with Gasteiger partial charge in [0.05, 0.1) is 0 Å². The molecule has 1 aromatic carbocycles. The summed E-state index contributed by atoms with van der Waals surface area (Å²) in [5.74, 6) is -0.711. The summed E-state index contributed by atoms with van der Waals surface area (Å²) in [6.45, 7) is 5.52. The Morgan fingerprint density at radius 3 is 2.53 bits per heavy atom. The number of ether oxygens (including phenoxy) is 1. The Hall–Kier alpha value is -2.04. The third-order valence-corrected chi connectivity index (χ3v) is 2.74. The van der Waals surface area contributed by atoms with E-state index in [4.69, 9.17) is 9.84 Å². The van der Waals surface area contributed by atoms with Gasteiger partial charge in [0.2, 0.25) is 0 Å². The normalized spacial score (nSPS) is 10.1. The largest absolute Gasteiger partial charge is 0.484 e. The lowest BCUT2D eigenvalue weighted by molar-refractivity contribution is -0.145. The van der Waals surface area contributed by atoms with Crippen LogP contribution in [0.2, 0.25) is 0 Å². The van der Waals surface area contributed by atoms with Crippen LogP contribution in [0.15, 0.2) is 18.2 Å². The predicted octanol–water partition coefficient (Wildman–Crippen LogP) is 1.62. The fourth-order valence-corrected chi connectivity index (χ4v) is 1.73. The first-order chi connectivity index (χ1) is 8.93. The number of amides is 1. The van der Waals surface area contributed by atoms with Crippen molar-refractivity contribution in [3.05, 3.63) is 29.3 Å². The van der Waals surface area contributed by atoms with Gasteiger partial charge in [-0.2, -0.15) is 0 Å². The Morgan fingerprint density at radius 2 is 2.00 bits per heavy atom. The number of hydrogen-bond acceptors (Lipinski definition) is 3. The minimum atomic E-state index is -1.03. The maximum atomic E-state index is 11.8. The molecule has 1 rings (SSSR count). The van der Waals surface area contributed by atoms with Crippen LogP contribution < -0.4 is 4.74 Å². The molecule has 0 saturated heterocycles. The Balaban J connectivity index is 2.60. The lowest BCUT2D eigenvalue weighted by Gasteiger charge is -2.19. The molecule has 104 valence electrons. The van der Waals surface area contributed by atoms with Crippen molar-refractivity contribution < 1.29 is 19.4 Å². The second-order valence-electron chi connectivity index (χ2n) is 4.36. The second-order valence-corrected chi connectivity index (χ2v) is 4.36. The van der Waals surface area contributed by atoms with E-state index in [1.807, 2.05) is 32.0 Å². The first kappa shape index (κ1) is 15.0. The molecule has 0 spiro atoms. The zero-order valence-electron chi connectivity index (χ0n) is 11.5. The van der Waals surface area contributed by atoms with Crippen molar-refractivity contribution in [3.8, 4) is 5.75 Å². The number of carboxylic acid groups (broad SMARTS) is 1. The first-order valence-electron chi connectivity index (χ1n) is 6.13. The Kier molecular flexibility index (Phi) is 5.36. The van der Waals surface area contributed by atoms with E-state index in [-0.39, 0.29) is 19.1 Å². The van der Waals surface area contributed by atoms with Gasteiger partial charge in [-0.3, -0.25) is 9.59 Å². The molecule has 0 aliphatic rings. The zero-order chi connectivity index (χ0) is 14.4. The van der Waals surface area contributed by atoms with Crippen LogP contribution in [0.25, 0.3) is 0 Å². The van der Waals surface area contributed by atoms with E-state index in [9.17, 15) is 9.59 Å². The lowest BCUT2D eigenvalue weighted by atomic mass is 10.1. The van der Waals surface area contributed by atoms with Gasteiger partial charge in [-0.15, -0.1) is 0 Å². The van der Waals surface area contributed by atoms with Crippen molar-refractivity contribution in [1.29, 1.82) is 0 Å². The number of carbonyl (C=O) groups is 2. The average Bonchev–Trinajstić information content (AvgIpc) is 2.34. The number of aryl methyl sites for hydroxylation is 2. The molecular weight excluding hydrogens is 246 g/mol. The van der Waals surface area contributed by atoms with Crippen molar-refractivity contribution in [3.63, 3.8) is 0 Å². The third kappa shape index (κ3) is 4.62. The number of likely N-dealkylation sites (N-methyl/N-ethyl adjacent to an activating group) is 1. The van der Waals surface area contributed by atoms with Gasteiger partial charge in [0, 0.05) is 6.54 Å². The summed E-state index contributed by atoms with van der Waals surface area (Å²) in [5, 5.41) is 8.69. The molecule has 1 aromatic rings. The zero-order valence-corrected chi connectivity index (χ0v) is 11.5. The van der Waals surface area contributed by atoms with E-state index in [2.05, 4.69) is 0 Å². The molecule has 0 aliphatic carbocycles. The summed E-state index contributed by atoms with van der Waals surface area (Å²) in [6, 6.07) is 5.68. The van der Waals surface area contributed by atoms with Gasteiger partial charge in [0.25, 0.3) is 5.91 Å². The predicted molar refractivity (Wildman–Crippen MR) is 71.3 cm³/mol. The maximum absolute atomic E-state index is 11.8. The summed E-state index contributed by atoms with van der Waals surface area (Å²) >= 11 is 0. The van der Waals surface area contributed by atoms with Crippen LogP contribution in [-0.4, -0.2) is 41.6 Å². The van der Waals surface area contributed by atoms with Crippen molar-refractivity contribution in [2.75, 3.05) is 19.7 Å². The molecule has 0 radical (unpaired) electrons. The minimum Gasteiger partial charge on any atom is -0.484 e. The molecule has 0 unspecified atom stereocenters. The lowest BCUT2D eigenvalue weighted by Crippen LogP contribution is -2.38. The van der Waals surface area contributed by atoms with Crippen LogP contribution in [-0.2, 0) is 9.59 Å². The molecule has 1 N–H and O–H groups in total. The number of carbonyl (C=O) groups excluding carboxylic acids is 1. The number of hydrogen-bond donors (Lipinski definition) is 1. The molecule has 0 fully saturated rings. The van der Waals surface area contributed by atoms with Crippen molar-refractivity contribution in [1.82, 2.24) is 4.90 Å². The highest BCUT2D eigenvalue weighted by Crippen LogP contribution is 2.18. The van der Waals surface area contributed by atoms with Gasteiger partial charge in [-0.25, -0.2) is 0 Å². The minimum absolute atomic E-state index is 0.148. The van der Waals surface area contributed by atoms with Crippen molar-refractivity contribution in [2.24, 2.45) is 0 Å². The molecule has 0 atom stereocenters. The summed E-state index contributed by atoms with van der Waals surface area (Å²) in [6.07, 6.45) is 0. The van der Waals surface area contributed by atoms with Crippen LogP contribution in [0.4, 0.5) is 0 Å². The molecule has 0 aliphatic heterocycles. The molecular formula is C14H19NO4. The van der Waals surface area contributed by atoms with Gasteiger partial charge in [-0.1, -0.05) is 17.7 Å². The monoisotopic (exact) mass is 265 g/mol. The molecule has 19 heavy (non-hydrogen) atoms. The molecule has 5 nitrogen and oxygen atoms in total. The van der Waals surface area contributed by atoms with Crippen LogP contribution in [0.1, 0.15) is 18.1 Å². The van der Waals surface area contributed by atoms with Gasteiger partial charge < -0.3 is 14.7 Å². The Morgan fingerprint density at radius 1 is 1.32 bits per heavy atom. The molecule has 0 bridgehead atoms. The molecule has 0 saturated carbocycles. The summed E-state index contributed by atoms with van der Waals surface area (Å²) < 4.78 is 5.43. The maximum Gasteiger partial charge on any atom is 0.323 e. The summed E-state index contributed by atoms with van der Waals surface area (Å²) in [7, 11) is 0. The summed E-state index contributed by atoms with van der Waals surface area (Å²) in [5.41, 5.74) is 2.08. The Labute approximate surface area is 112 Å². The number of aliphatic carboxylic acids is 1. The van der Waals surface area contributed by atoms with Gasteiger partial charge >= 0.3 is 5.97 Å². The van der Waals surface area contributed by atoms with E-state index in [1.54, 1.807) is 6.92 Å². The first-order valence-corrected chi connectivity index (χ1v) is 6.13. The van der Waals surface area contributed by atoms with Crippen LogP contribution in [0.5, 0.6) is 5.75 Å². The van der Waals surface area contributed by atoms with E-state index in [0.717, 1.165) is 11.1 Å². The number of rotatable bonds is 6. The average molecular weight is 265 g/mol. The number of carboxylic acids is 1. The standard InChI is InChI=1S/C14H19NO4/c1-4-15(8-14(17)18)13(16)9-19-12-6-5-10(2)7-11(12)3/h5-7H,4,8-9H2,1-3H3,(H,17,18). The topological polar surface area (TPSA) is 66.8 Å². The van der Waals surface area contributed by atoms with Crippen molar-refractivity contribution in [2.45, 2.75) is 20.8 Å². The number of benzene rings is 1. The van der Waals surface area contributed by atoms with Gasteiger partial charge in [0.15, 0.2) is 6.61 Å².